The molecular formula is C25H38N4O5. The van der Waals surface area contributed by atoms with Gasteiger partial charge in [-0.1, -0.05) is 13.8 Å². The lowest BCUT2D eigenvalue weighted by Crippen LogP contribution is -2.49. The lowest BCUT2D eigenvalue weighted by atomic mass is 10.0. The van der Waals surface area contributed by atoms with Crippen LogP contribution in [0, 0.1) is 11.8 Å². The normalized spacial score (nSPS) is 23.8. The number of carbonyl (C=O) groups excluding carboxylic acids is 3. The number of benzene rings is 1. The number of hydrogen-bond donors (Lipinski definition) is 2. The molecule has 1 aromatic rings. The van der Waals surface area contributed by atoms with Gasteiger partial charge in [-0.05, 0) is 38.3 Å². The maximum absolute atomic E-state index is 13.3. The van der Waals surface area contributed by atoms with Gasteiger partial charge in [-0.3, -0.25) is 9.59 Å². The molecule has 1 saturated carbocycles. The molecular weight excluding hydrogens is 436 g/mol. The number of likely N-dealkylation sites (N-methyl/N-ethyl adjacent to an activating group) is 1. The van der Waals surface area contributed by atoms with Crippen molar-refractivity contribution in [3.05, 3.63) is 23.8 Å². The van der Waals surface area contributed by atoms with Gasteiger partial charge in [0.1, 0.15) is 12.4 Å². The van der Waals surface area contributed by atoms with Gasteiger partial charge in [0.25, 0.3) is 5.91 Å². The van der Waals surface area contributed by atoms with Crippen molar-refractivity contribution in [3.63, 3.8) is 0 Å². The Hall–Kier alpha value is -2.81. The number of ether oxygens (including phenoxy) is 2. The molecule has 9 heteroatoms. The lowest BCUT2D eigenvalue weighted by molar-refractivity contribution is -0.136. The molecule has 3 atom stereocenters. The Morgan fingerprint density at radius 3 is 2.59 bits per heavy atom. The third-order valence-corrected chi connectivity index (χ3v) is 6.45. The highest BCUT2D eigenvalue weighted by Gasteiger charge is 2.37. The molecule has 188 valence electrons. The number of nitrogens with zero attached hydrogens (tertiary/aromatic N) is 2. The monoisotopic (exact) mass is 474 g/mol. The van der Waals surface area contributed by atoms with Gasteiger partial charge in [-0.25, -0.2) is 4.79 Å². The van der Waals surface area contributed by atoms with Crippen LogP contribution in [0.25, 0.3) is 0 Å². The van der Waals surface area contributed by atoms with Crippen molar-refractivity contribution in [1.29, 1.82) is 0 Å². The molecule has 1 heterocycles. The fraction of sp³-hybridized carbons (Fsp3) is 0.640. The molecule has 1 aromatic carbocycles. The van der Waals surface area contributed by atoms with Gasteiger partial charge in [-0.2, -0.15) is 0 Å². The zero-order valence-corrected chi connectivity index (χ0v) is 20.9. The third kappa shape index (κ3) is 6.40. The summed E-state index contributed by atoms with van der Waals surface area (Å²) in [6, 6.07) is 4.52. The molecule has 2 N–H and O–H groups in total. The van der Waals surface area contributed by atoms with Gasteiger partial charge in [0.15, 0.2) is 0 Å². The van der Waals surface area contributed by atoms with Crippen LogP contribution < -0.4 is 15.4 Å². The van der Waals surface area contributed by atoms with E-state index in [1.54, 1.807) is 37.3 Å². The average Bonchev–Trinajstić information content (AvgIpc) is 3.67. The number of hydrogen-bond acceptors (Lipinski definition) is 5. The molecule has 0 aromatic heterocycles. The van der Waals surface area contributed by atoms with E-state index in [2.05, 4.69) is 17.6 Å². The quantitative estimate of drug-likeness (QED) is 0.684. The summed E-state index contributed by atoms with van der Waals surface area (Å²) >= 11 is 0. The topological polar surface area (TPSA) is 100 Å². The standard InChI is InChI=1S/C25H38N4O5/c1-6-11-26-25(32)27-19-9-10-20-21(12-19)34-15-17(3)29(23(30)18-7-8-18)13-16(2)22(33-5)14-28(4)24(20)31/h9-10,12,16-18,22H,6-8,11,13-15H2,1-5H3,(H2,26,27,32)/t16-,17-,22+/m1/s1. The van der Waals surface area contributed by atoms with E-state index in [1.807, 2.05) is 18.7 Å². The van der Waals surface area contributed by atoms with Gasteiger partial charge in [0.05, 0.1) is 17.7 Å². The minimum Gasteiger partial charge on any atom is -0.491 e. The van der Waals surface area contributed by atoms with Gasteiger partial charge in [0.2, 0.25) is 5.91 Å². The van der Waals surface area contributed by atoms with Gasteiger partial charge >= 0.3 is 6.03 Å². The highest BCUT2D eigenvalue weighted by molar-refractivity contribution is 5.98. The first-order chi connectivity index (χ1) is 16.2. The fourth-order valence-electron chi connectivity index (χ4n) is 4.14. The van der Waals surface area contributed by atoms with Crippen LogP contribution in [0.4, 0.5) is 10.5 Å². The van der Waals surface area contributed by atoms with Crippen LogP contribution in [0.3, 0.4) is 0 Å². The Kier molecular flexibility index (Phi) is 8.77. The van der Waals surface area contributed by atoms with Crippen LogP contribution in [0.2, 0.25) is 0 Å². The number of amides is 4. The number of anilines is 1. The molecule has 4 amide bonds. The minimum atomic E-state index is -0.315. The number of fused-ring (bicyclic) bond motifs is 1. The smallest absolute Gasteiger partial charge is 0.319 e. The van der Waals surface area contributed by atoms with Crippen molar-refractivity contribution >= 4 is 23.5 Å². The van der Waals surface area contributed by atoms with Crippen molar-refractivity contribution < 1.29 is 23.9 Å². The van der Waals surface area contributed by atoms with Crippen molar-refractivity contribution in [3.8, 4) is 5.75 Å². The SMILES string of the molecule is CCCNC(=O)Nc1ccc2c(c1)OC[C@@H](C)N(C(=O)C1CC1)C[C@@H](C)[C@@H](OC)CN(C)C2=O. The molecule has 0 spiro atoms. The Morgan fingerprint density at radius 1 is 1.21 bits per heavy atom. The van der Waals surface area contributed by atoms with E-state index >= 15 is 0 Å². The van der Waals surface area contributed by atoms with E-state index < -0.39 is 0 Å². The largest absolute Gasteiger partial charge is 0.491 e. The number of carbonyl (C=O) groups is 3. The second kappa shape index (κ2) is 11.6. The summed E-state index contributed by atoms with van der Waals surface area (Å²) in [5, 5.41) is 5.55. The molecule has 1 aliphatic carbocycles. The average molecular weight is 475 g/mol. The highest BCUT2D eigenvalue weighted by atomic mass is 16.5. The van der Waals surface area contributed by atoms with Crippen LogP contribution in [-0.2, 0) is 9.53 Å². The molecule has 0 unspecified atom stereocenters. The Labute approximate surface area is 202 Å². The molecule has 2 aliphatic rings. The number of methoxy groups -OCH3 is 1. The molecule has 9 nitrogen and oxygen atoms in total. The Morgan fingerprint density at radius 2 is 1.94 bits per heavy atom. The second-order valence-corrected chi connectivity index (χ2v) is 9.45. The maximum atomic E-state index is 13.3. The zero-order chi connectivity index (χ0) is 24.8. The maximum Gasteiger partial charge on any atom is 0.319 e. The van der Waals surface area contributed by atoms with Crippen molar-refractivity contribution in [2.45, 2.75) is 52.2 Å². The van der Waals surface area contributed by atoms with Crippen LogP contribution in [0.15, 0.2) is 18.2 Å². The van der Waals surface area contributed by atoms with Crippen molar-refractivity contribution in [2.75, 3.05) is 45.7 Å². The zero-order valence-electron chi connectivity index (χ0n) is 20.9. The summed E-state index contributed by atoms with van der Waals surface area (Å²) in [5.41, 5.74) is 0.925. The van der Waals surface area contributed by atoms with Crippen LogP contribution in [0.5, 0.6) is 5.75 Å². The van der Waals surface area contributed by atoms with E-state index in [1.165, 1.54) is 0 Å². The summed E-state index contributed by atoms with van der Waals surface area (Å²) in [6.45, 7) is 7.71. The number of rotatable bonds is 5. The van der Waals surface area contributed by atoms with Gasteiger partial charge in [-0.15, -0.1) is 0 Å². The molecule has 0 bridgehead atoms. The number of nitrogens with one attached hydrogen (secondary N) is 2. The Balaban J connectivity index is 1.90. The first kappa shape index (κ1) is 25.8. The van der Waals surface area contributed by atoms with E-state index in [9.17, 15) is 14.4 Å². The predicted molar refractivity (Wildman–Crippen MR) is 130 cm³/mol. The predicted octanol–water partition coefficient (Wildman–Crippen LogP) is 2.96. The fourth-order valence-corrected chi connectivity index (χ4v) is 4.14. The first-order valence-corrected chi connectivity index (χ1v) is 12.2. The van der Waals surface area contributed by atoms with E-state index in [-0.39, 0.29) is 48.4 Å². The van der Waals surface area contributed by atoms with E-state index in [4.69, 9.17) is 9.47 Å². The van der Waals surface area contributed by atoms with Crippen LogP contribution in [0.1, 0.15) is 50.4 Å². The lowest BCUT2D eigenvalue weighted by Gasteiger charge is -2.36. The van der Waals surface area contributed by atoms with E-state index in [0.717, 1.165) is 19.3 Å². The summed E-state index contributed by atoms with van der Waals surface area (Å²) in [5.74, 6) is 0.473. The van der Waals surface area contributed by atoms with Gasteiger partial charge in [0, 0.05) is 57.4 Å². The molecule has 1 aliphatic heterocycles. The van der Waals surface area contributed by atoms with Crippen molar-refractivity contribution in [2.24, 2.45) is 11.8 Å². The molecule has 0 radical (unpaired) electrons. The van der Waals surface area contributed by atoms with Crippen molar-refractivity contribution in [1.82, 2.24) is 15.1 Å². The van der Waals surface area contributed by atoms with E-state index in [0.29, 0.717) is 36.6 Å². The minimum absolute atomic E-state index is 0.0394. The summed E-state index contributed by atoms with van der Waals surface area (Å²) < 4.78 is 11.9. The molecule has 3 rings (SSSR count). The summed E-state index contributed by atoms with van der Waals surface area (Å²) in [7, 11) is 3.37. The second-order valence-electron chi connectivity index (χ2n) is 9.45. The van der Waals surface area contributed by atoms with Gasteiger partial charge < -0.3 is 29.9 Å². The van der Waals surface area contributed by atoms with Crippen LogP contribution >= 0.6 is 0 Å². The summed E-state index contributed by atoms with van der Waals surface area (Å²) in [4.78, 5) is 42.0. The molecule has 1 fully saturated rings. The first-order valence-electron chi connectivity index (χ1n) is 12.2. The third-order valence-electron chi connectivity index (χ3n) is 6.45. The molecule has 0 saturated heterocycles. The number of urea groups is 1. The van der Waals surface area contributed by atoms with Crippen LogP contribution in [-0.4, -0.2) is 80.2 Å². The highest BCUT2D eigenvalue weighted by Crippen LogP contribution is 2.33. The Bertz CT molecular complexity index is 888. The molecule has 34 heavy (non-hydrogen) atoms. The summed E-state index contributed by atoms with van der Waals surface area (Å²) in [6.07, 6.45) is 2.47.